The van der Waals surface area contributed by atoms with Gasteiger partial charge in [0.25, 0.3) is 0 Å². The topological polar surface area (TPSA) is 119 Å². The number of nitrogens with zero attached hydrogens (tertiary/aromatic N) is 2. The van der Waals surface area contributed by atoms with Gasteiger partial charge in [-0.3, -0.25) is 10.2 Å². The van der Waals surface area contributed by atoms with E-state index in [4.69, 9.17) is 25.5 Å². The highest BCUT2D eigenvalue weighted by Crippen LogP contribution is 2.44. The van der Waals surface area contributed by atoms with Crippen molar-refractivity contribution in [3.63, 3.8) is 0 Å². The smallest absolute Gasteiger partial charge is 0.304 e. The molecule has 1 aliphatic carbocycles. The summed E-state index contributed by atoms with van der Waals surface area (Å²) < 4.78 is 41.8. The molecular formula is C27H24F2N4O4. The van der Waals surface area contributed by atoms with Gasteiger partial charge in [-0.1, -0.05) is 29.5 Å². The largest absolute Gasteiger partial charge is 0.492 e. The van der Waals surface area contributed by atoms with Crippen molar-refractivity contribution in [1.82, 2.24) is 5.01 Å². The molecule has 5 rings (SSSR count). The number of carboxylic acids is 1. The Labute approximate surface area is 211 Å². The van der Waals surface area contributed by atoms with E-state index in [0.717, 1.165) is 10.6 Å². The summed E-state index contributed by atoms with van der Waals surface area (Å²) in [7, 11) is 1.38. The van der Waals surface area contributed by atoms with Gasteiger partial charge >= 0.3 is 5.97 Å². The number of fused-ring (bicyclic) bond motifs is 2. The zero-order chi connectivity index (χ0) is 26.3. The van der Waals surface area contributed by atoms with Gasteiger partial charge < -0.3 is 14.6 Å². The molecule has 0 saturated carbocycles. The van der Waals surface area contributed by atoms with Gasteiger partial charge in [-0.2, -0.15) is 5.53 Å². The molecule has 0 amide bonds. The molecule has 190 valence electrons. The van der Waals surface area contributed by atoms with Crippen LogP contribution < -0.4 is 9.47 Å². The minimum atomic E-state index is -0.895. The number of halogens is 2. The monoisotopic (exact) mass is 506 g/mol. The Kier molecular flexibility index (Phi) is 6.32. The van der Waals surface area contributed by atoms with Gasteiger partial charge in [0.05, 0.1) is 18.6 Å². The maximum Gasteiger partial charge on any atom is 0.304 e. The molecular weight excluding hydrogens is 482 g/mol. The van der Waals surface area contributed by atoms with E-state index in [9.17, 15) is 9.18 Å². The molecule has 0 spiro atoms. The van der Waals surface area contributed by atoms with Crippen molar-refractivity contribution in [2.24, 2.45) is 5.22 Å². The first-order valence-corrected chi connectivity index (χ1v) is 11.7. The van der Waals surface area contributed by atoms with Crippen molar-refractivity contribution in [3.8, 4) is 22.6 Å². The summed E-state index contributed by atoms with van der Waals surface area (Å²) in [6.07, 6.45) is 0.360. The fraction of sp³-hybridized carbons (Fsp3) is 0.259. The Bertz CT molecular complexity index is 1430. The highest BCUT2D eigenvalue weighted by Gasteiger charge is 2.32. The van der Waals surface area contributed by atoms with Gasteiger partial charge in [0.1, 0.15) is 29.2 Å². The first kappa shape index (κ1) is 24.4. The molecule has 0 radical (unpaired) electrons. The first-order valence-electron chi connectivity index (χ1n) is 11.7. The van der Waals surface area contributed by atoms with Crippen molar-refractivity contribution in [2.75, 3.05) is 13.7 Å². The molecule has 10 heteroatoms. The van der Waals surface area contributed by atoms with Crippen molar-refractivity contribution in [3.05, 3.63) is 82.4 Å². The Morgan fingerprint density at radius 3 is 2.76 bits per heavy atom. The number of hydrogen-bond acceptors (Lipinski definition) is 6. The Morgan fingerprint density at radius 1 is 1.19 bits per heavy atom. The Morgan fingerprint density at radius 2 is 2.00 bits per heavy atom. The van der Waals surface area contributed by atoms with Crippen LogP contribution in [0.4, 0.5) is 8.78 Å². The highest BCUT2D eigenvalue weighted by atomic mass is 19.1. The van der Waals surface area contributed by atoms with Crippen molar-refractivity contribution in [2.45, 2.75) is 31.3 Å². The third-order valence-electron chi connectivity index (χ3n) is 6.86. The molecule has 0 fully saturated rings. The zero-order valence-corrected chi connectivity index (χ0v) is 19.9. The van der Waals surface area contributed by atoms with Crippen molar-refractivity contribution in [1.29, 1.82) is 10.9 Å². The van der Waals surface area contributed by atoms with Gasteiger partial charge in [-0.25, -0.2) is 13.8 Å². The third-order valence-corrected chi connectivity index (χ3v) is 6.86. The van der Waals surface area contributed by atoms with Gasteiger partial charge in [-0.15, -0.1) is 0 Å². The second kappa shape index (κ2) is 9.61. The van der Waals surface area contributed by atoms with E-state index in [1.165, 1.54) is 25.2 Å². The van der Waals surface area contributed by atoms with Crippen LogP contribution >= 0.6 is 0 Å². The number of carbonyl (C=O) groups is 1. The summed E-state index contributed by atoms with van der Waals surface area (Å²) in [5.41, 5.74) is 10.0. The lowest BCUT2D eigenvalue weighted by Crippen LogP contribution is -2.22. The second-order valence-corrected chi connectivity index (χ2v) is 9.07. The third kappa shape index (κ3) is 4.39. The number of rotatable bonds is 7. The number of aliphatic carboxylic acids is 1. The van der Waals surface area contributed by atoms with Crippen LogP contribution in [0, 0.1) is 22.6 Å². The van der Waals surface area contributed by atoms with E-state index in [1.807, 2.05) is 0 Å². The van der Waals surface area contributed by atoms with E-state index in [0.29, 0.717) is 46.6 Å². The minimum absolute atomic E-state index is 0.0223. The number of ether oxygens (including phenoxy) is 2. The summed E-state index contributed by atoms with van der Waals surface area (Å²) in [5.74, 6) is -1.45. The Hall–Kier alpha value is -4.34. The molecule has 2 atom stereocenters. The average Bonchev–Trinajstić information content (AvgIpc) is 3.47. The lowest BCUT2D eigenvalue weighted by Gasteiger charge is -2.19. The quantitative estimate of drug-likeness (QED) is 0.161. The molecule has 3 aromatic carbocycles. The van der Waals surface area contributed by atoms with Crippen molar-refractivity contribution >= 4 is 11.8 Å². The normalized spacial score (nSPS) is 17.5. The number of hydrogen-bond donors (Lipinski definition) is 3. The molecule has 0 saturated heterocycles. The molecule has 0 bridgehead atoms. The van der Waals surface area contributed by atoms with Crippen LogP contribution in [0.1, 0.15) is 47.1 Å². The van der Waals surface area contributed by atoms with Gasteiger partial charge in [0, 0.05) is 30.2 Å². The molecule has 8 nitrogen and oxygen atoms in total. The number of amidine groups is 1. The van der Waals surface area contributed by atoms with Crippen LogP contribution in [0.2, 0.25) is 0 Å². The molecule has 2 aliphatic rings. The van der Waals surface area contributed by atoms with Crippen LogP contribution in [-0.2, 0) is 11.2 Å². The van der Waals surface area contributed by atoms with E-state index in [-0.39, 0.29) is 30.3 Å². The maximum atomic E-state index is 15.1. The molecule has 1 aliphatic heterocycles. The lowest BCUT2D eigenvalue weighted by molar-refractivity contribution is -0.137. The Balaban J connectivity index is 1.48. The molecule has 0 unspecified atom stereocenters. The summed E-state index contributed by atoms with van der Waals surface area (Å²) in [5, 5.41) is 21.6. The molecule has 1 heterocycles. The zero-order valence-electron chi connectivity index (χ0n) is 19.9. The average molecular weight is 507 g/mol. The van der Waals surface area contributed by atoms with E-state index >= 15 is 4.39 Å². The molecule has 37 heavy (non-hydrogen) atoms. The summed E-state index contributed by atoms with van der Waals surface area (Å²) in [6.45, 7) is 0.281. The van der Waals surface area contributed by atoms with E-state index in [1.54, 1.807) is 30.3 Å². The van der Waals surface area contributed by atoms with Crippen LogP contribution in [0.15, 0.2) is 53.8 Å². The van der Waals surface area contributed by atoms with E-state index in [2.05, 4.69) is 5.22 Å². The molecule has 3 aromatic rings. The number of nitrogens with one attached hydrogen (secondary N) is 2. The van der Waals surface area contributed by atoms with Gasteiger partial charge in [0.2, 0.25) is 0 Å². The van der Waals surface area contributed by atoms with Crippen LogP contribution in [0.25, 0.3) is 11.1 Å². The maximum absolute atomic E-state index is 15.1. The summed E-state index contributed by atoms with van der Waals surface area (Å²) in [4.78, 5) is 11.1. The van der Waals surface area contributed by atoms with Crippen LogP contribution in [-0.4, -0.2) is 35.6 Å². The number of carboxylic acid groups (broad SMARTS) is 1. The standard InChI is InChI=1S/C27H24F2N4O4/c1-33(32-31)27(30)26-18(3-2-4-20(26)28)17-7-9-21(29)25-19(17)8-10-22(25)37-15-5-6-16-14(11-24(34)35)13-36-23(16)12-15/h2-7,9,12,14,22,30-31H,8,10-11,13H2,1H3,(H,34,35)/t14-,22-/m1/s1. The predicted molar refractivity (Wildman–Crippen MR) is 130 cm³/mol. The first-order chi connectivity index (χ1) is 17.8. The van der Waals surface area contributed by atoms with Crippen molar-refractivity contribution < 1.29 is 28.2 Å². The predicted octanol–water partition coefficient (Wildman–Crippen LogP) is 5.85. The van der Waals surface area contributed by atoms with Gasteiger partial charge in [-0.05, 0) is 47.7 Å². The van der Waals surface area contributed by atoms with E-state index < -0.39 is 23.7 Å². The fourth-order valence-electron chi connectivity index (χ4n) is 5.12. The summed E-state index contributed by atoms with van der Waals surface area (Å²) >= 11 is 0. The van der Waals surface area contributed by atoms with Gasteiger partial charge in [0.15, 0.2) is 5.84 Å². The highest BCUT2D eigenvalue weighted by molar-refractivity contribution is 6.03. The van der Waals surface area contributed by atoms with Crippen LogP contribution in [0.5, 0.6) is 11.5 Å². The molecule has 0 aromatic heterocycles. The molecule has 3 N–H and O–H groups in total. The van der Waals surface area contributed by atoms with Crippen LogP contribution in [0.3, 0.4) is 0 Å². The second-order valence-electron chi connectivity index (χ2n) is 9.07. The summed E-state index contributed by atoms with van der Waals surface area (Å²) in [6, 6.07) is 12.5. The number of benzene rings is 3. The SMILES string of the molecule is CN(N=N)C(=N)c1c(F)cccc1-c1ccc(F)c2c1CC[C@H]2Oc1ccc2c(c1)OC[C@H]2CC(=O)O. The fourth-order valence-corrected chi connectivity index (χ4v) is 5.12. The lowest BCUT2D eigenvalue weighted by atomic mass is 9.92. The minimum Gasteiger partial charge on any atom is -0.492 e.